The summed E-state index contributed by atoms with van der Waals surface area (Å²) < 4.78 is 13.8. The first-order valence-corrected chi connectivity index (χ1v) is 7.07. The van der Waals surface area contributed by atoms with Gasteiger partial charge in [-0.1, -0.05) is 39.0 Å². The zero-order valence-corrected chi connectivity index (χ0v) is 11.7. The van der Waals surface area contributed by atoms with E-state index in [0.29, 0.717) is 11.3 Å². The molecule has 1 aromatic carbocycles. The molecule has 1 aromatic rings. The van der Waals surface area contributed by atoms with E-state index in [2.05, 4.69) is 26.1 Å². The zero-order chi connectivity index (χ0) is 13.2. The van der Waals surface area contributed by atoms with Crippen LogP contribution < -0.4 is 5.32 Å². The van der Waals surface area contributed by atoms with E-state index in [4.69, 9.17) is 0 Å². The second-order valence-corrected chi connectivity index (χ2v) is 5.88. The van der Waals surface area contributed by atoms with Gasteiger partial charge in [0.05, 0.1) is 0 Å². The van der Waals surface area contributed by atoms with E-state index in [1.165, 1.54) is 12.8 Å². The van der Waals surface area contributed by atoms with E-state index in [0.717, 1.165) is 18.5 Å². The van der Waals surface area contributed by atoms with Crippen LogP contribution in [0.1, 0.15) is 51.6 Å². The highest BCUT2D eigenvalue weighted by molar-refractivity contribution is 5.21. The second kappa shape index (κ2) is 5.40. The Kier molecular flexibility index (Phi) is 4.06. The quantitative estimate of drug-likeness (QED) is 0.792. The molecule has 0 aromatic heterocycles. The lowest BCUT2D eigenvalue weighted by molar-refractivity contribution is 0.316. The van der Waals surface area contributed by atoms with Crippen LogP contribution in [0.15, 0.2) is 24.3 Å². The summed E-state index contributed by atoms with van der Waals surface area (Å²) in [5.74, 6) is 0.620. The van der Waals surface area contributed by atoms with Crippen LogP contribution in [0.25, 0.3) is 0 Å². The van der Waals surface area contributed by atoms with Gasteiger partial charge in [-0.2, -0.15) is 0 Å². The normalized spacial score (nSPS) is 18.9. The maximum absolute atomic E-state index is 13.8. The van der Waals surface area contributed by atoms with Gasteiger partial charge >= 0.3 is 0 Å². The average molecular weight is 249 g/mol. The van der Waals surface area contributed by atoms with E-state index in [1.54, 1.807) is 12.1 Å². The van der Waals surface area contributed by atoms with Crippen molar-refractivity contribution in [2.45, 2.75) is 46.1 Å². The van der Waals surface area contributed by atoms with Crippen molar-refractivity contribution in [3.05, 3.63) is 35.6 Å². The Labute approximate surface area is 110 Å². The van der Waals surface area contributed by atoms with E-state index >= 15 is 0 Å². The van der Waals surface area contributed by atoms with E-state index in [1.807, 2.05) is 12.1 Å². The van der Waals surface area contributed by atoms with Gasteiger partial charge in [0.25, 0.3) is 0 Å². The van der Waals surface area contributed by atoms with Crippen LogP contribution in [0.2, 0.25) is 0 Å². The zero-order valence-electron chi connectivity index (χ0n) is 11.7. The van der Waals surface area contributed by atoms with Crippen molar-refractivity contribution in [3.63, 3.8) is 0 Å². The predicted octanol–water partition coefficient (Wildman–Crippen LogP) is 4.30. The number of rotatable bonds is 6. The van der Waals surface area contributed by atoms with Gasteiger partial charge in [0.2, 0.25) is 0 Å². The van der Waals surface area contributed by atoms with E-state index in [9.17, 15) is 4.39 Å². The Hall–Kier alpha value is -0.890. The first kappa shape index (κ1) is 13.5. The summed E-state index contributed by atoms with van der Waals surface area (Å²) in [5.41, 5.74) is 1.28. The highest BCUT2D eigenvalue weighted by Crippen LogP contribution is 2.51. The molecule has 0 bridgehead atoms. The Morgan fingerprint density at radius 3 is 2.44 bits per heavy atom. The van der Waals surface area contributed by atoms with Gasteiger partial charge in [0.1, 0.15) is 5.82 Å². The van der Waals surface area contributed by atoms with Crippen molar-refractivity contribution < 1.29 is 4.39 Å². The molecule has 0 radical (unpaired) electrons. The molecule has 0 spiro atoms. The highest BCUT2D eigenvalue weighted by atomic mass is 19.1. The summed E-state index contributed by atoms with van der Waals surface area (Å²) in [6, 6.07) is 7.25. The van der Waals surface area contributed by atoms with Crippen LogP contribution in [0.4, 0.5) is 4.39 Å². The molecule has 2 heteroatoms. The van der Waals surface area contributed by atoms with Crippen molar-refractivity contribution in [2.24, 2.45) is 11.3 Å². The fourth-order valence-corrected chi connectivity index (χ4v) is 2.68. The standard InChI is InChI=1S/C16H24FN/c1-4-15(13-7-5-6-8-14(13)17)18-11-16(9-10-16)12(2)3/h5-8,12,15,18H,4,9-11H2,1-3H3. The second-order valence-electron chi connectivity index (χ2n) is 5.88. The topological polar surface area (TPSA) is 12.0 Å². The van der Waals surface area contributed by atoms with Gasteiger partial charge in [-0.25, -0.2) is 4.39 Å². The van der Waals surface area contributed by atoms with Crippen molar-refractivity contribution in [2.75, 3.05) is 6.54 Å². The highest BCUT2D eigenvalue weighted by Gasteiger charge is 2.45. The maximum atomic E-state index is 13.8. The monoisotopic (exact) mass is 249 g/mol. The summed E-state index contributed by atoms with van der Waals surface area (Å²) in [5, 5.41) is 3.57. The average Bonchev–Trinajstić information content (AvgIpc) is 3.13. The maximum Gasteiger partial charge on any atom is 0.127 e. The minimum Gasteiger partial charge on any atom is -0.309 e. The Morgan fingerprint density at radius 1 is 1.28 bits per heavy atom. The van der Waals surface area contributed by atoms with Gasteiger partial charge in [-0.3, -0.25) is 0 Å². The lowest BCUT2D eigenvalue weighted by Crippen LogP contribution is -2.31. The third-order valence-corrected chi connectivity index (χ3v) is 4.51. The molecule has 100 valence electrons. The number of hydrogen-bond acceptors (Lipinski definition) is 1. The Bertz CT molecular complexity index is 396. The van der Waals surface area contributed by atoms with Gasteiger partial charge in [-0.15, -0.1) is 0 Å². The van der Waals surface area contributed by atoms with Gasteiger partial charge < -0.3 is 5.32 Å². The van der Waals surface area contributed by atoms with Gasteiger partial charge in [0.15, 0.2) is 0 Å². The van der Waals surface area contributed by atoms with E-state index < -0.39 is 0 Å². The molecule has 2 rings (SSSR count). The number of nitrogens with one attached hydrogen (secondary N) is 1. The Morgan fingerprint density at radius 2 is 1.94 bits per heavy atom. The molecule has 0 saturated heterocycles. The van der Waals surface area contributed by atoms with Crippen LogP contribution in [0.3, 0.4) is 0 Å². The van der Waals surface area contributed by atoms with Crippen LogP contribution in [0, 0.1) is 17.2 Å². The number of benzene rings is 1. The van der Waals surface area contributed by atoms with Crippen molar-refractivity contribution in [1.29, 1.82) is 0 Å². The molecule has 1 aliphatic rings. The number of halogens is 1. The molecule has 1 aliphatic carbocycles. The lowest BCUT2D eigenvalue weighted by Gasteiger charge is -2.25. The minimum atomic E-state index is -0.0914. The van der Waals surface area contributed by atoms with Crippen LogP contribution in [-0.4, -0.2) is 6.54 Å². The third-order valence-electron chi connectivity index (χ3n) is 4.51. The van der Waals surface area contributed by atoms with E-state index in [-0.39, 0.29) is 11.9 Å². The summed E-state index contributed by atoms with van der Waals surface area (Å²) in [7, 11) is 0. The van der Waals surface area contributed by atoms with Crippen molar-refractivity contribution >= 4 is 0 Å². The molecule has 1 N–H and O–H groups in total. The molecule has 1 unspecified atom stereocenters. The van der Waals surface area contributed by atoms with Gasteiger partial charge in [-0.05, 0) is 36.7 Å². The van der Waals surface area contributed by atoms with Crippen LogP contribution in [0.5, 0.6) is 0 Å². The smallest absolute Gasteiger partial charge is 0.127 e. The fraction of sp³-hybridized carbons (Fsp3) is 0.625. The van der Waals surface area contributed by atoms with Gasteiger partial charge in [0, 0.05) is 18.2 Å². The first-order chi connectivity index (χ1) is 8.59. The lowest BCUT2D eigenvalue weighted by atomic mass is 9.91. The van der Waals surface area contributed by atoms with Crippen LogP contribution in [-0.2, 0) is 0 Å². The third kappa shape index (κ3) is 2.74. The number of hydrogen-bond donors (Lipinski definition) is 1. The molecule has 1 saturated carbocycles. The summed E-state index contributed by atoms with van der Waals surface area (Å²) in [4.78, 5) is 0. The van der Waals surface area contributed by atoms with Crippen molar-refractivity contribution in [3.8, 4) is 0 Å². The molecular formula is C16H24FN. The molecule has 1 nitrogen and oxygen atoms in total. The minimum absolute atomic E-state index is 0.0914. The summed E-state index contributed by atoms with van der Waals surface area (Å²) >= 11 is 0. The Balaban J connectivity index is 2.00. The molecule has 18 heavy (non-hydrogen) atoms. The fourth-order valence-electron chi connectivity index (χ4n) is 2.68. The predicted molar refractivity (Wildman–Crippen MR) is 73.9 cm³/mol. The molecule has 1 fully saturated rings. The largest absolute Gasteiger partial charge is 0.309 e. The molecule has 0 amide bonds. The SMILES string of the molecule is CCC(NCC1(C(C)C)CC1)c1ccccc1F. The van der Waals surface area contributed by atoms with Crippen molar-refractivity contribution in [1.82, 2.24) is 5.32 Å². The first-order valence-electron chi connectivity index (χ1n) is 7.07. The summed E-state index contributed by atoms with van der Waals surface area (Å²) in [6.45, 7) is 7.70. The molecule has 0 heterocycles. The molecular weight excluding hydrogens is 225 g/mol. The van der Waals surface area contributed by atoms with Crippen LogP contribution >= 0.6 is 0 Å². The summed E-state index contributed by atoms with van der Waals surface area (Å²) in [6.07, 6.45) is 3.55. The molecule has 0 aliphatic heterocycles. The molecule has 1 atom stereocenters.